The number of hydrogen-bond donors (Lipinski definition) is 0. The van der Waals surface area contributed by atoms with Gasteiger partial charge in [0, 0.05) is 106 Å². The second kappa shape index (κ2) is 28.5. The van der Waals surface area contributed by atoms with E-state index in [-0.39, 0.29) is 0 Å². The Morgan fingerprint density at radius 2 is 0.462 bits per heavy atom. The first-order valence-electron chi connectivity index (χ1n) is 40.2. The Hall–Kier alpha value is -16.0. The Bertz CT molecular complexity index is 8480. The highest BCUT2D eigenvalue weighted by Crippen LogP contribution is 2.45. The third-order valence-electron chi connectivity index (χ3n) is 23.6. The predicted octanol–water partition coefficient (Wildman–Crippen LogP) is 29.4. The molecule has 0 fully saturated rings. The molecule has 0 N–H and O–H groups in total. The van der Waals surface area contributed by atoms with Crippen LogP contribution in [0.5, 0.6) is 0 Å². The van der Waals surface area contributed by atoms with Crippen molar-refractivity contribution in [1.82, 2.24) is 34.9 Å². The third kappa shape index (κ3) is 12.2. The molecule has 0 saturated carbocycles. The van der Waals surface area contributed by atoms with Crippen molar-refractivity contribution in [3.63, 3.8) is 0 Å². The normalized spacial score (nSPS) is 11.7. The molecule has 25 aromatic rings. The monoisotopic (exact) mass is 1510 g/mol. The lowest BCUT2D eigenvalue weighted by atomic mass is 9.92. The lowest BCUT2D eigenvalue weighted by Gasteiger charge is -2.14. The molecule has 8 nitrogen and oxygen atoms in total. The Kier molecular flexibility index (Phi) is 16.4. The van der Waals surface area contributed by atoms with Gasteiger partial charge in [-0.1, -0.05) is 267 Å². The smallest absolute Gasteiger partial charge is 0.135 e. The van der Waals surface area contributed by atoms with E-state index in [0.29, 0.717) is 0 Å². The van der Waals surface area contributed by atoms with Gasteiger partial charge in [-0.3, -0.25) is 19.9 Å². The van der Waals surface area contributed by atoms with E-state index < -0.39 is 0 Å². The summed E-state index contributed by atoms with van der Waals surface area (Å²) in [6.45, 7) is 0. The van der Waals surface area contributed by atoms with Gasteiger partial charge in [-0.05, 0) is 209 Å². The summed E-state index contributed by atoms with van der Waals surface area (Å²) < 4.78 is 6.05. The highest BCUT2D eigenvalue weighted by Gasteiger charge is 2.20. The van der Waals surface area contributed by atoms with Gasteiger partial charge in [-0.25, -0.2) is 15.0 Å². The number of hydrogen-bond acceptors (Lipinski definition) is 8. The second-order valence-electron chi connectivity index (χ2n) is 30.6. The van der Waals surface area contributed by atoms with Gasteiger partial charge in [0.25, 0.3) is 0 Å². The number of rotatable bonds is 7. The van der Waals surface area contributed by atoms with Crippen LogP contribution >= 0.6 is 0 Å². The van der Waals surface area contributed by atoms with E-state index in [2.05, 4.69) is 339 Å². The van der Waals surface area contributed by atoms with Crippen LogP contribution in [0.15, 0.2) is 411 Å². The van der Waals surface area contributed by atoms with Gasteiger partial charge in [0.2, 0.25) is 0 Å². The number of aromatic nitrogens is 7. The van der Waals surface area contributed by atoms with Crippen LogP contribution in [-0.4, -0.2) is 34.9 Å². The molecule has 0 bridgehead atoms. The predicted molar refractivity (Wildman–Crippen MR) is 497 cm³/mol. The van der Waals surface area contributed by atoms with Gasteiger partial charge in [-0.15, -0.1) is 0 Å². The maximum absolute atomic E-state index is 6.05. The van der Waals surface area contributed by atoms with Crippen molar-refractivity contribution >= 4 is 163 Å². The van der Waals surface area contributed by atoms with E-state index in [4.69, 9.17) is 34.3 Å². The Morgan fingerprint density at radius 1 is 0.151 bits per heavy atom. The maximum Gasteiger partial charge on any atom is 0.135 e. The van der Waals surface area contributed by atoms with Crippen LogP contribution in [0.4, 0.5) is 0 Å². The average Bonchev–Trinajstić information content (AvgIpc) is 1.74. The maximum atomic E-state index is 6.05. The zero-order valence-corrected chi connectivity index (χ0v) is 64.2. The molecule has 8 heterocycles. The average molecular weight is 1510 g/mol. The molecule has 8 aromatic heterocycles. The summed E-state index contributed by atoms with van der Waals surface area (Å²) in [6, 6.07) is 136. The molecule has 552 valence electrons. The van der Waals surface area contributed by atoms with Crippen molar-refractivity contribution in [1.29, 1.82) is 0 Å². The zero-order valence-electron chi connectivity index (χ0n) is 64.2. The quantitative estimate of drug-likeness (QED) is 0.115. The molecule has 0 aliphatic heterocycles. The summed E-state index contributed by atoms with van der Waals surface area (Å²) in [5, 5.41) is 20.9. The van der Waals surface area contributed by atoms with Gasteiger partial charge in [-0.2, -0.15) is 0 Å². The molecular formula is C111H67N7O. The molecule has 119 heavy (non-hydrogen) atoms. The van der Waals surface area contributed by atoms with Crippen LogP contribution in [0.2, 0.25) is 0 Å². The summed E-state index contributed by atoms with van der Waals surface area (Å²) in [5.74, 6) is 0. The van der Waals surface area contributed by atoms with Crippen molar-refractivity contribution in [2.75, 3.05) is 0 Å². The van der Waals surface area contributed by atoms with E-state index in [1.807, 2.05) is 73.3 Å². The van der Waals surface area contributed by atoms with Gasteiger partial charge in [0.15, 0.2) is 0 Å². The summed E-state index contributed by atoms with van der Waals surface area (Å²) >= 11 is 0. The number of para-hydroxylation sites is 4. The Morgan fingerprint density at radius 3 is 0.950 bits per heavy atom. The number of pyridine rings is 7. The fraction of sp³-hybridized carbons (Fsp3) is 0. The van der Waals surface area contributed by atoms with E-state index in [0.717, 1.165) is 148 Å². The number of fused-ring (bicyclic) bond motifs is 19. The van der Waals surface area contributed by atoms with Gasteiger partial charge in [0.1, 0.15) is 11.2 Å². The van der Waals surface area contributed by atoms with Gasteiger partial charge in [0.05, 0.1) is 55.2 Å². The van der Waals surface area contributed by atoms with E-state index in [1.165, 1.54) is 93.5 Å². The Labute approximate surface area is 683 Å². The first-order valence-corrected chi connectivity index (χ1v) is 40.2. The summed E-state index contributed by atoms with van der Waals surface area (Å²) in [7, 11) is 0. The highest BCUT2D eigenvalue weighted by atomic mass is 16.3. The van der Waals surface area contributed by atoms with Gasteiger partial charge >= 0.3 is 0 Å². The van der Waals surface area contributed by atoms with Crippen LogP contribution in [0.3, 0.4) is 0 Å². The number of benzene rings is 17. The Balaban J connectivity index is 0.000000105. The fourth-order valence-electron chi connectivity index (χ4n) is 17.8. The first-order chi connectivity index (χ1) is 58.9. The largest absolute Gasteiger partial charge is 0.456 e. The van der Waals surface area contributed by atoms with Crippen molar-refractivity contribution in [2.45, 2.75) is 0 Å². The molecular weight excluding hydrogens is 1450 g/mol. The summed E-state index contributed by atoms with van der Waals surface area (Å²) in [4.78, 5) is 33.8. The van der Waals surface area contributed by atoms with Crippen molar-refractivity contribution in [3.05, 3.63) is 407 Å². The number of nitrogens with zero attached hydrogens (tertiary/aromatic N) is 7. The number of furan rings is 1. The molecule has 8 heteroatoms. The van der Waals surface area contributed by atoms with Crippen LogP contribution in [-0.2, 0) is 0 Å². The minimum atomic E-state index is 0.909. The molecule has 0 radical (unpaired) electrons. The summed E-state index contributed by atoms with van der Waals surface area (Å²) in [5.41, 5.74) is 28.1. The molecule has 0 unspecified atom stereocenters. The van der Waals surface area contributed by atoms with Gasteiger partial charge < -0.3 is 4.42 Å². The molecule has 0 aliphatic rings. The van der Waals surface area contributed by atoms with Crippen LogP contribution < -0.4 is 0 Å². The SMILES string of the molecule is c1cc(-c2ccc3cc(-c4ccc5ccccc5c4)ccc3c2)cc(-c2c3ccccc3nc3c2ccc2cccnc23)c1.c1cc(-c2ccc3oc4ccccc4c3c2)cc(-c2c3ccccc3nc3c2ccc2cccnc23)c1.c1cnc2ccc(-c3ccc4cc(-c5c6ccccc6nc6c5ccc5cccnc56)ccc4c3)cc2c1. The minimum Gasteiger partial charge on any atom is -0.456 e. The molecule has 0 amide bonds. The van der Waals surface area contributed by atoms with Crippen molar-refractivity contribution in [3.8, 4) is 77.9 Å². The molecule has 25 rings (SSSR count). The third-order valence-corrected chi connectivity index (χ3v) is 23.6. The highest BCUT2D eigenvalue weighted by molar-refractivity contribution is 6.20. The van der Waals surface area contributed by atoms with Crippen LogP contribution in [0, 0.1) is 0 Å². The van der Waals surface area contributed by atoms with E-state index >= 15 is 0 Å². The van der Waals surface area contributed by atoms with Crippen LogP contribution in [0.25, 0.3) is 241 Å². The molecule has 0 aliphatic carbocycles. The summed E-state index contributed by atoms with van der Waals surface area (Å²) in [6.07, 6.45) is 7.37. The lowest BCUT2D eigenvalue weighted by Crippen LogP contribution is -1.92. The topological polar surface area (TPSA) is 103 Å². The lowest BCUT2D eigenvalue weighted by molar-refractivity contribution is 0.669. The minimum absolute atomic E-state index is 0.909. The molecule has 0 spiro atoms. The van der Waals surface area contributed by atoms with Crippen LogP contribution in [0.1, 0.15) is 0 Å². The zero-order chi connectivity index (χ0) is 78.4. The van der Waals surface area contributed by atoms with Crippen molar-refractivity contribution < 1.29 is 4.42 Å². The van der Waals surface area contributed by atoms with Crippen molar-refractivity contribution in [2.24, 2.45) is 0 Å². The fourth-order valence-corrected chi connectivity index (χ4v) is 17.8. The second-order valence-corrected chi connectivity index (χ2v) is 30.6. The van der Waals surface area contributed by atoms with E-state index in [9.17, 15) is 0 Å². The first kappa shape index (κ1) is 68.6. The molecule has 0 saturated heterocycles. The molecule has 0 atom stereocenters. The molecule has 17 aromatic carbocycles. The standard InChI is InChI=1S/C42H26N2.C35H21N3.C34H20N2O/c1-2-8-29-23-32(15-14-27(29)7-1)34-19-18-33-24-31(16-17-35(33)25-34)30-9-5-10-36(26-30)40-37-12-3-4-13-39(37)44-42-38(40)21-20-28-11-6-22-43-41(28)42;1-2-8-32-29(7-1)33(30-15-13-22-5-3-18-37-34(22)35(30)38-32)28-12-11-24-19-23(9-10-25(24)21-28)26-14-16-31-27(20-26)6-4-17-36-31;1-3-12-29-26(11-1)32(27-16-14-21-9-6-18-35-33(21)34(27)36-29)24-8-5-7-22(19-24)23-15-17-31-28(20-23)25-10-2-4-13-30(25)37-31/h1-26H;1-21H;1-20H. The van der Waals surface area contributed by atoms with E-state index in [1.54, 1.807) is 0 Å².